The van der Waals surface area contributed by atoms with Crippen LogP contribution in [-0.2, 0) is 17.9 Å². The first-order chi connectivity index (χ1) is 12.3. The van der Waals surface area contributed by atoms with Crippen LogP contribution in [0.15, 0.2) is 28.8 Å². The quantitative estimate of drug-likeness (QED) is 0.829. The van der Waals surface area contributed by atoms with Gasteiger partial charge in [0.2, 0.25) is 11.7 Å². The Kier molecular flexibility index (Phi) is 4.94. The number of aromatic nitrogens is 2. The van der Waals surface area contributed by atoms with E-state index in [0.29, 0.717) is 36.2 Å². The fourth-order valence-electron chi connectivity index (χ4n) is 3.64. The number of morpholine rings is 1. The van der Waals surface area contributed by atoms with E-state index in [-0.39, 0.29) is 12.4 Å². The Hall–Kier alpha value is -1.99. The van der Waals surface area contributed by atoms with Gasteiger partial charge in [0.1, 0.15) is 11.6 Å². The molecule has 4 rings (SSSR count). The molecule has 134 valence electrons. The highest BCUT2D eigenvalue weighted by Gasteiger charge is 2.34. The predicted octanol–water partition coefficient (Wildman–Crippen LogP) is 2.93. The highest BCUT2D eigenvalue weighted by atomic mass is 19.1. The van der Waals surface area contributed by atoms with Gasteiger partial charge in [-0.05, 0) is 37.1 Å². The highest BCUT2D eigenvalue weighted by molar-refractivity contribution is 5.22. The Balaban J connectivity index is 1.33. The van der Waals surface area contributed by atoms with Gasteiger partial charge in [0.25, 0.3) is 0 Å². The number of hydrogen-bond donors (Lipinski definition) is 0. The highest BCUT2D eigenvalue weighted by Crippen LogP contribution is 2.29. The zero-order valence-electron chi connectivity index (χ0n) is 14.1. The van der Waals surface area contributed by atoms with E-state index in [0.717, 1.165) is 19.6 Å². The van der Waals surface area contributed by atoms with E-state index >= 15 is 0 Å². The molecule has 2 aromatic rings. The van der Waals surface area contributed by atoms with Crippen LogP contribution in [0.5, 0.6) is 5.75 Å². The second-order valence-electron chi connectivity index (χ2n) is 6.58. The first-order valence-corrected chi connectivity index (χ1v) is 8.83. The molecule has 1 aliphatic carbocycles. The largest absolute Gasteiger partial charge is 0.485 e. The summed E-state index contributed by atoms with van der Waals surface area (Å²) in [7, 11) is 0. The summed E-state index contributed by atoms with van der Waals surface area (Å²) in [4.78, 5) is 6.81. The van der Waals surface area contributed by atoms with Crippen molar-refractivity contribution in [3.05, 3.63) is 41.8 Å². The van der Waals surface area contributed by atoms with Crippen LogP contribution >= 0.6 is 0 Å². The summed E-state index contributed by atoms with van der Waals surface area (Å²) in [6.45, 7) is 2.50. The maximum atomic E-state index is 12.9. The van der Waals surface area contributed by atoms with Crippen molar-refractivity contribution in [3.63, 3.8) is 0 Å². The van der Waals surface area contributed by atoms with Crippen molar-refractivity contribution >= 4 is 0 Å². The molecule has 2 fully saturated rings. The van der Waals surface area contributed by atoms with E-state index in [4.69, 9.17) is 14.0 Å². The number of halogens is 1. The normalized spacial score (nSPS) is 24.0. The molecule has 7 heteroatoms. The maximum Gasteiger partial charge on any atom is 0.240 e. The number of hydrogen-bond acceptors (Lipinski definition) is 6. The lowest BCUT2D eigenvalue weighted by Gasteiger charge is -2.43. The second kappa shape index (κ2) is 7.49. The van der Waals surface area contributed by atoms with Gasteiger partial charge in [-0.2, -0.15) is 4.98 Å². The van der Waals surface area contributed by atoms with Crippen molar-refractivity contribution in [1.82, 2.24) is 15.0 Å². The van der Waals surface area contributed by atoms with Crippen LogP contribution in [0.3, 0.4) is 0 Å². The third-order valence-electron chi connectivity index (χ3n) is 4.88. The number of nitrogens with zero attached hydrogens (tertiary/aromatic N) is 3. The molecule has 2 aliphatic rings. The van der Waals surface area contributed by atoms with Crippen molar-refractivity contribution in [2.75, 3.05) is 13.2 Å². The summed E-state index contributed by atoms with van der Waals surface area (Å²) in [5.41, 5.74) is 0. The molecule has 1 saturated heterocycles. The summed E-state index contributed by atoms with van der Waals surface area (Å²) < 4.78 is 29.7. The van der Waals surface area contributed by atoms with E-state index in [2.05, 4.69) is 15.0 Å². The molecule has 0 spiro atoms. The van der Waals surface area contributed by atoms with Gasteiger partial charge in [-0.25, -0.2) is 4.39 Å². The number of ether oxygens (including phenoxy) is 2. The van der Waals surface area contributed by atoms with Crippen LogP contribution in [0.1, 0.15) is 37.4 Å². The molecule has 1 aromatic carbocycles. The zero-order valence-corrected chi connectivity index (χ0v) is 14.1. The summed E-state index contributed by atoms with van der Waals surface area (Å²) >= 11 is 0. The summed E-state index contributed by atoms with van der Waals surface area (Å²) in [5, 5.41) is 3.98. The van der Waals surface area contributed by atoms with E-state index < -0.39 is 0 Å². The number of benzene rings is 1. The Morgan fingerprint density at radius 3 is 2.92 bits per heavy atom. The van der Waals surface area contributed by atoms with Crippen LogP contribution in [0.4, 0.5) is 4.39 Å². The van der Waals surface area contributed by atoms with Crippen LogP contribution in [0.25, 0.3) is 0 Å². The van der Waals surface area contributed by atoms with Gasteiger partial charge in [0, 0.05) is 12.6 Å². The minimum atomic E-state index is -0.291. The number of rotatable bonds is 5. The second-order valence-corrected chi connectivity index (χ2v) is 6.58. The minimum absolute atomic E-state index is 0.199. The monoisotopic (exact) mass is 347 g/mol. The van der Waals surface area contributed by atoms with Crippen LogP contribution in [0.2, 0.25) is 0 Å². The Labute approximate surface area is 145 Å². The molecule has 6 nitrogen and oxygen atoms in total. The van der Waals surface area contributed by atoms with E-state index in [9.17, 15) is 4.39 Å². The lowest BCUT2D eigenvalue weighted by Crippen LogP contribution is -2.52. The van der Waals surface area contributed by atoms with Gasteiger partial charge in [0.15, 0.2) is 6.61 Å². The van der Waals surface area contributed by atoms with Gasteiger partial charge >= 0.3 is 0 Å². The minimum Gasteiger partial charge on any atom is -0.485 e. The fourth-order valence-corrected chi connectivity index (χ4v) is 3.64. The molecule has 0 bridgehead atoms. The molecule has 2 atom stereocenters. The molecule has 25 heavy (non-hydrogen) atoms. The summed E-state index contributed by atoms with van der Waals surface area (Å²) in [6, 6.07) is 6.32. The SMILES string of the molecule is Fc1ccc(OCc2noc(CN3CCO[C@H]4CCCC[C@@H]43)n2)cc1. The van der Waals surface area contributed by atoms with Gasteiger partial charge in [0.05, 0.1) is 19.3 Å². The van der Waals surface area contributed by atoms with Crippen LogP contribution in [-0.4, -0.2) is 40.3 Å². The maximum absolute atomic E-state index is 12.9. The number of fused-ring (bicyclic) bond motifs is 1. The van der Waals surface area contributed by atoms with Crippen molar-refractivity contribution in [2.24, 2.45) is 0 Å². The van der Waals surface area contributed by atoms with Gasteiger partial charge in [-0.1, -0.05) is 18.0 Å². The topological polar surface area (TPSA) is 60.6 Å². The van der Waals surface area contributed by atoms with Crippen molar-refractivity contribution in [1.29, 1.82) is 0 Å². The molecule has 0 unspecified atom stereocenters. The first kappa shape index (κ1) is 16.5. The van der Waals surface area contributed by atoms with Gasteiger partial charge < -0.3 is 14.0 Å². The molecule has 1 aromatic heterocycles. The third-order valence-corrected chi connectivity index (χ3v) is 4.88. The molecule has 1 saturated carbocycles. The average Bonchev–Trinajstić information content (AvgIpc) is 3.09. The van der Waals surface area contributed by atoms with E-state index in [1.54, 1.807) is 12.1 Å². The van der Waals surface area contributed by atoms with E-state index in [1.165, 1.54) is 31.4 Å². The van der Waals surface area contributed by atoms with Crippen LogP contribution < -0.4 is 4.74 Å². The predicted molar refractivity (Wildman–Crippen MR) is 87.4 cm³/mol. The fraction of sp³-hybridized carbons (Fsp3) is 0.556. The van der Waals surface area contributed by atoms with Gasteiger partial charge in [-0.3, -0.25) is 4.90 Å². The lowest BCUT2D eigenvalue weighted by molar-refractivity contribution is -0.0933. The van der Waals surface area contributed by atoms with Crippen molar-refractivity contribution in [3.8, 4) is 5.75 Å². The lowest BCUT2D eigenvalue weighted by atomic mass is 9.90. The summed E-state index contributed by atoms with van der Waals surface area (Å²) in [6.07, 6.45) is 5.15. The van der Waals surface area contributed by atoms with Crippen LogP contribution in [0, 0.1) is 5.82 Å². The standard InChI is InChI=1S/C18H22FN3O3/c19-13-5-7-14(8-6-13)24-12-17-20-18(25-21-17)11-22-9-10-23-16-4-2-1-3-15(16)22/h5-8,15-16H,1-4,9-12H2/t15-,16-/m0/s1. The zero-order chi connectivity index (χ0) is 17.1. The van der Waals surface area contributed by atoms with Crippen molar-refractivity contribution in [2.45, 2.75) is 51.0 Å². The molecule has 0 amide bonds. The summed E-state index contributed by atoms with van der Waals surface area (Å²) in [5.74, 6) is 1.38. The Bertz CT molecular complexity index is 689. The molecule has 2 heterocycles. The first-order valence-electron chi connectivity index (χ1n) is 8.83. The molecular formula is C18H22FN3O3. The molecular weight excluding hydrogens is 325 g/mol. The average molecular weight is 347 g/mol. The molecule has 1 aliphatic heterocycles. The van der Waals surface area contributed by atoms with Crippen molar-refractivity contribution < 1.29 is 18.4 Å². The smallest absolute Gasteiger partial charge is 0.240 e. The molecule has 0 radical (unpaired) electrons. The van der Waals surface area contributed by atoms with Gasteiger partial charge in [-0.15, -0.1) is 0 Å². The Morgan fingerprint density at radius 1 is 1.20 bits per heavy atom. The molecule has 0 N–H and O–H groups in total. The third kappa shape index (κ3) is 3.99. The van der Waals surface area contributed by atoms with E-state index in [1.807, 2.05) is 0 Å². The Morgan fingerprint density at radius 2 is 2.04 bits per heavy atom.